The highest BCUT2D eigenvalue weighted by molar-refractivity contribution is 5.77. The first-order chi connectivity index (χ1) is 14.9. The average molecular weight is 418 g/mol. The second-order valence-corrected chi connectivity index (χ2v) is 7.76. The van der Waals surface area contributed by atoms with Gasteiger partial charge in [0.25, 0.3) is 0 Å². The third-order valence-corrected chi connectivity index (χ3v) is 5.62. The van der Waals surface area contributed by atoms with Gasteiger partial charge in [-0.3, -0.25) is 5.41 Å². The summed E-state index contributed by atoms with van der Waals surface area (Å²) in [5.41, 5.74) is 7.43. The highest BCUT2D eigenvalue weighted by Crippen LogP contribution is 2.32. The van der Waals surface area contributed by atoms with Gasteiger partial charge < -0.3 is 19.0 Å². The summed E-state index contributed by atoms with van der Waals surface area (Å²) in [6.07, 6.45) is 2.55. The van der Waals surface area contributed by atoms with E-state index in [2.05, 4.69) is 42.9 Å². The lowest BCUT2D eigenvalue weighted by Gasteiger charge is -2.13. The fourth-order valence-corrected chi connectivity index (χ4v) is 4.11. The molecule has 0 unspecified atom stereocenters. The van der Waals surface area contributed by atoms with Gasteiger partial charge >= 0.3 is 0 Å². The summed E-state index contributed by atoms with van der Waals surface area (Å²) < 4.78 is 12.9. The highest BCUT2D eigenvalue weighted by Gasteiger charge is 2.15. The summed E-state index contributed by atoms with van der Waals surface area (Å²) >= 11 is 0. The number of hydrogen-bond donors (Lipinski definition) is 2. The molecule has 4 rings (SSSR count). The van der Waals surface area contributed by atoms with Crippen LogP contribution < -0.4 is 15.0 Å². The minimum absolute atomic E-state index is 0.162. The van der Waals surface area contributed by atoms with Crippen LogP contribution in [-0.4, -0.2) is 33.7 Å². The number of benzene rings is 2. The molecule has 0 bridgehead atoms. The lowest BCUT2D eigenvalue weighted by molar-refractivity contribution is 0.404. The van der Waals surface area contributed by atoms with Crippen LogP contribution in [0.2, 0.25) is 0 Å². The van der Waals surface area contributed by atoms with E-state index in [4.69, 9.17) is 19.9 Å². The van der Waals surface area contributed by atoms with Gasteiger partial charge in [-0.2, -0.15) is 0 Å². The van der Waals surface area contributed by atoms with Crippen molar-refractivity contribution in [2.45, 2.75) is 33.7 Å². The molecule has 2 aromatic carbocycles. The summed E-state index contributed by atoms with van der Waals surface area (Å²) in [5.74, 6) is 2.00. The number of fused-ring (bicyclic) bond motifs is 1. The lowest BCUT2D eigenvalue weighted by Crippen LogP contribution is -2.14. The van der Waals surface area contributed by atoms with Gasteiger partial charge in [-0.15, -0.1) is 0 Å². The molecule has 0 amide bonds. The highest BCUT2D eigenvalue weighted by atomic mass is 16.5. The van der Waals surface area contributed by atoms with Crippen LogP contribution in [0.4, 0.5) is 0 Å². The topological polar surface area (TPSA) is 88.8 Å². The van der Waals surface area contributed by atoms with E-state index in [-0.39, 0.29) is 5.49 Å². The number of nitrogens with one attached hydrogen (secondary N) is 2. The molecule has 0 spiro atoms. The number of methoxy groups -OCH3 is 2. The van der Waals surface area contributed by atoms with Crippen molar-refractivity contribution in [3.63, 3.8) is 0 Å². The van der Waals surface area contributed by atoms with Gasteiger partial charge in [0.2, 0.25) is 0 Å². The van der Waals surface area contributed by atoms with Gasteiger partial charge in [0.15, 0.2) is 11.1 Å². The SMILES string of the molecule is COc1ccc(OC)c(-c2nc3c([nH]2)c(=N)ncn3CCc2c(C)cc(C)cc2C)c1. The Balaban J connectivity index is 1.76. The molecule has 160 valence electrons. The largest absolute Gasteiger partial charge is 0.497 e. The molecule has 31 heavy (non-hydrogen) atoms. The average Bonchev–Trinajstić information content (AvgIpc) is 3.20. The first kappa shape index (κ1) is 20.7. The summed E-state index contributed by atoms with van der Waals surface area (Å²) in [7, 11) is 3.25. The molecule has 7 heteroatoms. The Kier molecular flexibility index (Phi) is 5.50. The molecular formula is C24H27N5O2. The zero-order valence-electron chi connectivity index (χ0n) is 18.5. The molecule has 2 aromatic heterocycles. The Labute approximate surface area is 181 Å². The van der Waals surface area contributed by atoms with E-state index in [1.807, 2.05) is 22.8 Å². The summed E-state index contributed by atoms with van der Waals surface area (Å²) in [6, 6.07) is 10.00. The van der Waals surface area contributed by atoms with Crippen LogP contribution in [0.5, 0.6) is 11.5 Å². The van der Waals surface area contributed by atoms with Crippen molar-refractivity contribution in [3.8, 4) is 22.9 Å². The Morgan fingerprint density at radius 2 is 1.77 bits per heavy atom. The lowest BCUT2D eigenvalue weighted by atomic mass is 9.97. The Morgan fingerprint density at radius 3 is 2.45 bits per heavy atom. The number of ether oxygens (including phenoxy) is 2. The quantitative estimate of drug-likeness (QED) is 0.494. The minimum Gasteiger partial charge on any atom is -0.497 e. The van der Waals surface area contributed by atoms with Crippen LogP contribution in [0.1, 0.15) is 22.3 Å². The molecule has 7 nitrogen and oxygen atoms in total. The van der Waals surface area contributed by atoms with E-state index in [0.29, 0.717) is 35.0 Å². The smallest absolute Gasteiger partial charge is 0.173 e. The van der Waals surface area contributed by atoms with Crippen molar-refractivity contribution < 1.29 is 9.47 Å². The second-order valence-electron chi connectivity index (χ2n) is 7.76. The van der Waals surface area contributed by atoms with Crippen molar-refractivity contribution in [1.29, 1.82) is 5.41 Å². The van der Waals surface area contributed by atoms with E-state index in [1.165, 1.54) is 22.3 Å². The van der Waals surface area contributed by atoms with Gasteiger partial charge in [0, 0.05) is 6.54 Å². The van der Waals surface area contributed by atoms with E-state index in [1.54, 1.807) is 20.5 Å². The van der Waals surface area contributed by atoms with Gasteiger partial charge in [0.05, 0.1) is 26.1 Å². The van der Waals surface area contributed by atoms with Crippen LogP contribution in [0.3, 0.4) is 0 Å². The van der Waals surface area contributed by atoms with Crippen molar-refractivity contribution in [2.24, 2.45) is 0 Å². The molecule has 4 aromatic rings. The molecule has 0 aliphatic rings. The summed E-state index contributed by atoms with van der Waals surface area (Å²) in [6.45, 7) is 7.15. The van der Waals surface area contributed by atoms with E-state index < -0.39 is 0 Å². The summed E-state index contributed by atoms with van der Waals surface area (Å²) in [5, 5.41) is 8.25. The minimum atomic E-state index is 0.162. The Morgan fingerprint density at radius 1 is 1.03 bits per heavy atom. The zero-order chi connectivity index (χ0) is 22.1. The van der Waals surface area contributed by atoms with Crippen LogP contribution >= 0.6 is 0 Å². The van der Waals surface area contributed by atoms with E-state index >= 15 is 0 Å². The van der Waals surface area contributed by atoms with Crippen LogP contribution in [-0.2, 0) is 13.0 Å². The number of imidazole rings is 1. The van der Waals surface area contributed by atoms with Crippen molar-refractivity contribution in [1.82, 2.24) is 19.5 Å². The molecule has 0 aliphatic heterocycles. The molecule has 0 saturated carbocycles. The third kappa shape index (κ3) is 3.91. The second kappa shape index (κ2) is 8.26. The normalized spacial score (nSPS) is 11.1. The zero-order valence-corrected chi connectivity index (χ0v) is 18.5. The first-order valence-corrected chi connectivity index (χ1v) is 10.2. The first-order valence-electron chi connectivity index (χ1n) is 10.2. The predicted molar refractivity (Wildman–Crippen MR) is 121 cm³/mol. The molecule has 0 fully saturated rings. The molecule has 2 heterocycles. The number of rotatable bonds is 6. The molecule has 2 N–H and O–H groups in total. The van der Waals surface area contributed by atoms with Crippen molar-refractivity contribution in [2.75, 3.05) is 14.2 Å². The number of nitrogens with zero attached hydrogens (tertiary/aromatic N) is 3. The predicted octanol–water partition coefficient (Wildman–Crippen LogP) is 4.09. The standard InChI is InChI=1S/C24H27N5O2/c1-14-10-15(2)18(16(3)11-14)8-9-29-13-26-22(25)21-24(29)28-23(27-21)19-12-17(30-4)6-7-20(19)31-5/h6-7,10-13,25H,8-9H2,1-5H3,(H,27,28). The van der Waals surface area contributed by atoms with Crippen LogP contribution in [0, 0.1) is 26.2 Å². The van der Waals surface area contributed by atoms with E-state index in [0.717, 1.165) is 12.0 Å². The maximum Gasteiger partial charge on any atom is 0.173 e. The van der Waals surface area contributed by atoms with E-state index in [9.17, 15) is 0 Å². The Hall–Kier alpha value is -3.61. The molecule has 0 atom stereocenters. The fraction of sp³-hybridized carbons (Fsp3) is 0.292. The number of H-pyrrole nitrogens is 1. The number of aromatic nitrogens is 4. The maximum absolute atomic E-state index is 8.25. The number of aromatic amines is 1. The van der Waals surface area contributed by atoms with Crippen LogP contribution in [0.25, 0.3) is 22.6 Å². The molecular weight excluding hydrogens is 390 g/mol. The number of hydrogen-bond acceptors (Lipinski definition) is 5. The van der Waals surface area contributed by atoms with Gasteiger partial charge in [-0.25, -0.2) is 9.97 Å². The third-order valence-electron chi connectivity index (χ3n) is 5.62. The maximum atomic E-state index is 8.25. The van der Waals surface area contributed by atoms with Crippen LogP contribution in [0.15, 0.2) is 36.7 Å². The monoisotopic (exact) mass is 417 g/mol. The summed E-state index contributed by atoms with van der Waals surface area (Å²) in [4.78, 5) is 12.3. The van der Waals surface area contributed by atoms with Crippen molar-refractivity contribution >= 4 is 11.2 Å². The van der Waals surface area contributed by atoms with Gasteiger partial charge in [0.1, 0.15) is 22.8 Å². The van der Waals surface area contributed by atoms with Crippen molar-refractivity contribution in [3.05, 3.63) is 64.4 Å². The van der Waals surface area contributed by atoms with Gasteiger partial charge in [-0.05, 0) is 62.1 Å². The molecule has 0 aliphatic carbocycles. The Bertz CT molecular complexity index is 1300. The molecule has 0 saturated heterocycles. The number of aryl methyl sites for hydroxylation is 4. The fourth-order valence-electron chi connectivity index (χ4n) is 4.11. The molecule has 0 radical (unpaired) electrons. The van der Waals surface area contributed by atoms with Gasteiger partial charge in [-0.1, -0.05) is 17.7 Å².